The highest BCUT2D eigenvalue weighted by atomic mass is 32.2. The number of carbonyl (C=O) groups excluding carboxylic acids is 1. The molecule has 0 saturated heterocycles. The summed E-state index contributed by atoms with van der Waals surface area (Å²) in [6.45, 7) is 0.188. The zero-order chi connectivity index (χ0) is 13.5. The first kappa shape index (κ1) is 15.9. The molecule has 0 bridgehead atoms. The molecule has 0 aromatic carbocycles. The second kappa shape index (κ2) is 7.30. The molecule has 1 heterocycles. The van der Waals surface area contributed by atoms with Crippen molar-refractivity contribution in [3.8, 4) is 0 Å². The predicted molar refractivity (Wildman–Crippen MR) is 61.1 cm³/mol. The molecule has 0 aliphatic heterocycles. The van der Waals surface area contributed by atoms with Crippen molar-refractivity contribution in [2.75, 3.05) is 0 Å². The van der Waals surface area contributed by atoms with E-state index in [4.69, 9.17) is 10.5 Å². The van der Waals surface area contributed by atoms with Crippen LogP contribution in [-0.2, 0) is 4.18 Å². The lowest BCUT2D eigenvalue weighted by Crippen LogP contribution is -1.98. The summed E-state index contributed by atoms with van der Waals surface area (Å²) < 4.78 is 35.7. The van der Waals surface area contributed by atoms with E-state index in [1.807, 2.05) is 0 Å². The zero-order valence-electron chi connectivity index (χ0n) is 8.58. The molecule has 0 aliphatic rings. The van der Waals surface area contributed by atoms with Crippen molar-refractivity contribution in [3.63, 3.8) is 0 Å². The largest absolute Gasteiger partial charge is 0.389 e. The van der Waals surface area contributed by atoms with Crippen molar-refractivity contribution in [1.29, 1.82) is 5.41 Å². The molecule has 1 aromatic rings. The molecular formula is C8H9F3N2O2S2. The van der Waals surface area contributed by atoms with Gasteiger partial charge in [0.1, 0.15) is 12.2 Å². The molecule has 9 heteroatoms. The minimum Gasteiger partial charge on any atom is -0.389 e. The smallest absolute Gasteiger partial charge is 0.386 e. The normalized spacial score (nSPS) is 10.2. The minimum atomic E-state index is -4.00. The van der Waals surface area contributed by atoms with E-state index in [2.05, 4.69) is 4.18 Å². The second-order valence-corrected chi connectivity index (χ2v) is 4.08. The molecule has 0 saturated carbocycles. The van der Waals surface area contributed by atoms with E-state index in [1.165, 1.54) is 11.3 Å². The van der Waals surface area contributed by atoms with Crippen molar-refractivity contribution in [3.05, 3.63) is 21.9 Å². The lowest BCUT2D eigenvalue weighted by Gasteiger charge is -1.96. The molecule has 17 heavy (non-hydrogen) atoms. The Hall–Kier alpha value is -1.06. The average molecular weight is 286 g/mol. The van der Waals surface area contributed by atoms with E-state index in [0.29, 0.717) is 22.0 Å². The van der Waals surface area contributed by atoms with Gasteiger partial charge in [0.15, 0.2) is 6.29 Å². The van der Waals surface area contributed by atoms with E-state index in [9.17, 15) is 18.0 Å². The third-order valence-electron chi connectivity index (χ3n) is 1.10. The molecule has 0 atom stereocenters. The van der Waals surface area contributed by atoms with Crippen LogP contribution in [0, 0.1) is 5.41 Å². The minimum absolute atomic E-state index is 0.0272. The summed E-state index contributed by atoms with van der Waals surface area (Å²) in [4.78, 5) is 11.4. The average Bonchev–Trinajstić information content (AvgIpc) is 2.63. The van der Waals surface area contributed by atoms with Gasteiger partial charge in [0.25, 0.3) is 0 Å². The number of rotatable bonds is 3. The quantitative estimate of drug-likeness (QED) is 0.294. The molecule has 0 amide bonds. The van der Waals surface area contributed by atoms with Crippen LogP contribution in [0.2, 0.25) is 0 Å². The third-order valence-corrected chi connectivity index (χ3v) is 2.37. The Kier molecular flexibility index (Phi) is 6.85. The topological polar surface area (TPSA) is 76.2 Å². The van der Waals surface area contributed by atoms with Crippen LogP contribution in [0.3, 0.4) is 0 Å². The van der Waals surface area contributed by atoms with Crippen LogP contribution >= 0.6 is 23.6 Å². The monoisotopic (exact) mass is 286 g/mol. The van der Waals surface area contributed by atoms with Crippen LogP contribution in [-0.4, -0.2) is 18.4 Å². The summed E-state index contributed by atoms with van der Waals surface area (Å²) >= 11 is 1.81. The van der Waals surface area contributed by atoms with Crippen molar-refractivity contribution in [2.45, 2.75) is 13.1 Å². The number of halogens is 3. The summed E-state index contributed by atoms with van der Waals surface area (Å²) in [6.07, 6.45) is -3.27. The standard InChI is InChI=1S/C6H6N2O2S2.C2H3F3/c7-6(10-12-8)5-2-1-4(3-9)11-5;1-2(3,4)5/h1-3,7H,8H2;1H3. The third kappa shape index (κ3) is 8.72. The van der Waals surface area contributed by atoms with Crippen molar-refractivity contribution in [1.82, 2.24) is 0 Å². The van der Waals surface area contributed by atoms with Crippen LogP contribution < -0.4 is 5.14 Å². The lowest BCUT2D eigenvalue weighted by molar-refractivity contribution is -0.110. The number of aldehydes is 1. The molecule has 0 fully saturated rings. The van der Waals surface area contributed by atoms with Crippen molar-refractivity contribution in [2.24, 2.45) is 5.14 Å². The Morgan fingerprint density at radius 2 is 2.12 bits per heavy atom. The maximum absolute atomic E-state index is 10.4. The Bertz CT molecular complexity index is 373. The Labute approximate surface area is 104 Å². The number of thiophene rings is 1. The highest BCUT2D eigenvalue weighted by molar-refractivity contribution is 7.92. The van der Waals surface area contributed by atoms with Gasteiger partial charge in [0.2, 0.25) is 5.90 Å². The van der Waals surface area contributed by atoms with E-state index < -0.39 is 6.18 Å². The second-order valence-electron chi connectivity index (χ2n) is 2.61. The van der Waals surface area contributed by atoms with E-state index in [-0.39, 0.29) is 12.8 Å². The lowest BCUT2D eigenvalue weighted by atomic mass is 10.4. The van der Waals surface area contributed by atoms with Crippen LogP contribution in [0.5, 0.6) is 0 Å². The van der Waals surface area contributed by atoms with Gasteiger partial charge in [-0.2, -0.15) is 13.2 Å². The fraction of sp³-hybridized carbons (Fsp3) is 0.250. The number of hydrogen-bond acceptors (Lipinski definition) is 6. The molecule has 0 aliphatic carbocycles. The Balaban J connectivity index is 0.000000437. The van der Waals surface area contributed by atoms with Gasteiger partial charge < -0.3 is 4.18 Å². The number of nitrogens with one attached hydrogen (secondary N) is 1. The molecule has 0 radical (unpaired) electrons. The van der Waals surface area contributed by atoms with Gasteiger partial charge in [0, 0.05) is 6.92 Å². The fourth-order valence-corrected chi connectivity index (χ4v) is 1.57. The van der Waals surface area contributed by atoms with Crippen LogP contribution in [0.15, 0.2) is 12.1 Å². The molecule has 1 rings (SSSR count). The van der Waals surface area contributed by atoms with Crippen LogP contribution in [0.1, 0.15) is 21.5 Å². The van der Waals surface area contributed by atoms with E-state index >= 15 is 0 Å². The van der Waals surface area contributed by atoms with Gasteiger partial charge in [-0.05, 0) is 12.1 Å². The van der Waals surface area contributed by atoms with Gasteiger partial charge in [-0.1, -0.05) is 0 Å². The molecule has 1 aromatic heterocycles. The fourth-order valence-electron chi connectivity index (χ4n) is 0.627. The summed E-state index contributed by atoms with van der Waals surface area (Å²) in [5.41, 5.74) is 0. The Morgan fingerprint density at radius 1 is 1.59 bits per heavy atom. The van der Waals surface area contributed by atoms with Gasteiger partial charge >= 0.3 is 6.18 Å². The molecule has 0 unspecified atom stereocenters. The first-order valence-electron chi connectivity index (χ1n) is 4.02. The van der Waals surface area contributed by atoms with Gasteiger partial charge in [-0.25, -0.2) is 5.14 Å². The summed E-state index contributed by atoms with van der Waals surface area (Å²) in [5, 5.41) is 12.3. The highest BCUT2D eigenvalue weighted by Crippen LogP contribution is 2.16. The van der Waals surface area contributed by atoms with Gasteiger partial charge in [0.05, 0.1) is 9.75 Å². The van der Waals surface area contributed by atoms with Gasteiger partial charge in [-0.15, -0.1) is 11.3 Å². The summed E-state index contributed by atoms with van der Waals surface area (Å²) in [6, 6.07) is 3.28. The molecule has 96 valence electrons. The maximum Gasteiger partial charge on any atom is 0.386 e. The van der Waals surface area contributed by atoms with E-state index in [1.54, 1.807) is 12.1 Å². The molecule has 4 nitrogen and oxygen atoms in total. The number of hydrogen-bond donors (Lipinski definition) is 2. The Morgan fingerprint density at radius 3 is 2.47 bits per heavy atom. The first-order valence-corrected chi connectivity index (χ1v) is 5.64. The SMILES string of the molecule is CC(F)(F)F.N=C(OSN)c1ccc(C=O)s1. The predicted octanol–water partition coefficient (Wildman–Crippen LogP) is 2.99. The van der Waals surface area contributed by atoms with Crippen molar-refractivity contribution < 1.29 is 22.1 Å². The van der Waals surface area contributed by atoms with Crippen molar-refractivity contribution >= 4 is 35.7 Å². The van der Waals surface area contributed by atoms with Gasteiger partial charge in [-0.3, -0.25) is 10.2 Å². The molecule has 0 spiro atoms. The zero-order valence-corrected chi connectivity index (χ0v) is 10.2. The summed E-state index contributed by atoms with van der Waals surface area (Å²) in [7, 11) is 0. The molecule has 3 N–H and O–H groups in total. The van der Waals surface area contributed by atoms with Crippen LogP contribution in [0.4, 0.5) is 13.2 Å². The number of carbonyl (C=O) groups is 1. The maximum atomic E-state index is 10.4. The summed E-state index contributed by atoms with van der Waals surface area (Å²) in [5.74, 6) is -0.0272. The van der Waals surface area contributed by atoms with Crippen LogP contribution in [0.25, 0.3) is 0 Å². The van der Waals surface area contributed by atoms with E-state index in [0.717, 1.165) is 6.29 Å². The first-order chi connectivity index (χ1) is 7.77. The number of alkyl halides is 3. The number of nitrogens with two attached hydrogens (primary N) is 1. The highest BCUT2D eigenvalue weighted by Gasteiger charge is 2.15. The molecular weight excluding hydrogens is 277 g/mol.